The summed E-state index contributed by atoms with van der Waals surface area (Å²) < 4.78 is 7.21. The molecule has 1 aliphatic rings. The maximum absolute atomic E-state index is 5.82. The first kappa shape index (κ1) is 10.3. The van der Waals surface area contributed by atoms with Crippen molar-refractivity contribution >= 4 is 21.4 Å². The molecule has 16 heavy (non-hydrogen) atoms. The van der Waals surface area contributed by atoms with Gasteiger partial charge in [0.25, 0.3) is 0 Å². The van der Waals surface area contributed by atoms with Gasteiger partial charge in [-0.1, -0.05) is 18.2 Å². The molecule has 1 aliphatic heterocycles. The van der Waals surface area contributed by atoms with Gasteiger partial charge in [0, 0.05) is 16.1 Å². The number of hydrogen-bond donors (Lipinski definition) is 1. The first-order valence-corrected chi connectivity index (χ1v) is 6.48. The van der Waals surface area contributed by atoms with Crippen LogP contribution >= 0.6 is 11.3 Å². The molecule has 0 saturated carbocycles. The minimum atomic E-state index is 0.242. The van der Waals surface area contributed by atoms with Crippen LogP contribution in [-0.2, 0) is 11.2 Å². The van der Waals surface area contributed by atoms with Crippen LogP contribution in [0.2, 0.25) is 0 Å². The van der Waals surface area contributed by atoms with E-state index in [2.05, 4.69) is 29.6 Å². The number of hydrogen-bond acceptors (Lipinski definition) is 3. The summed E-state index contributed by atoms with van der Waals surface area (Å²) in [6.07, 6.45) is 1.30. The maximum Gasteiger partial charge on any atom is 0.104 e. The van der Waals surface area contributed by atoms with Crippen LogP contribution in [0.25, 0.3) is 10.1 Å². The zero-order chi connectivity index (χ0) is 11.0. The number of benzene rings is 1. The molecule has 0 aliphatic carbocycles. The topological polar surface area (TPSA) is 21.3 Å². The summed E-state index contributed by atoms with van der Waals surface area (Å²) in [4.78, 5) is 1.42. The molecular weight excluding hydrogens is 218 g/mol. The second kappa shape index (κ2) is 4.17. The summed E-state index contributed by atoms with van der Waals surface area (Å²) in [6, 6.07) is 8.66. The smallest absolute Gasteiger partial charge is 0.104 e. The van der Waals surface area contributed by atoms with Crippen molar-refractivity contribution in [2.75, 3.05) is 20.2 Å². The summed E-state index contributed by atoms with van der Waals surface area (Å²) in [6.45, 7) is 1.75. The van der Waals surface area contributed by atoms with Gasteiger partial charge in [0.15, 0.2) is 0 Å². The van der Waals surface area contributed by atoms with Crippen LogP contribution < -0.4 is 5.32 Å². The van der Waals surface area contributed by atoms with Gasteiger partial charge in [0.1, 0.15) is 6.10 Å². The van der Waals surface area contributed by atoms with Crippen LogP contribution in [0.3, 0.4) is 0 Å². The van der Waals surface area contributed by atoms with Crippen molar-refractivity contribution < 1.29 is 4.74 Å². The second-order valence-electron chi connectivity index (χ2n) is 4.11. The fourth-order valence-corrected chi connectivity index (χ4v) is 3.65. The molecule has 2 aromatic rings. The Bertz CT molecular complexity index is 506. The zero-order valence-electron chi connectivity index (χ0n) is 9.32. The molecule has 1 unspecified atom stereocenters. The molecule has 3 heteroatoms. The Kier molecular flexibility index (Phi) is 2.67. The Morgan fingerprint density at radius 1 is 1.44 bits per heavy atom. The summed E-state index contributed by atoms with van der Waals surface area (Å²) in [5.41, 5.74) is 1.51. The van der Waals surface area contributed by atoms with Crippen LogP contribution in [0.15, 0.2) is 24.3 Å². The highest BCUT2D eigenvalue weighted by Crippen LogP contribution is 2.39. The molecule has 1 aromatic carbocycles. The van der Waals surface area contributed by atoms with E-state index >= 15 is 0 Å². The average Bonchev–Trinajstić information content (AvgIpc) is 2.69. The van der Waals surface area contributed by atoms with Gasteiger partial charge in [-0.3, -0.25) is 0 Å². The Balaban J connectivity index is 2.13. The molecule has 0 bridgehead atoms. The molecule has 1 aromatic heterocycles. The van der Waals surface area contributed by atoms with E-state index in [0.29, 0.717) is 0 Å². The van der Waals surface area contributed by atoms with Crippen LogP contribution in [-0.4, -0.2) is 20.2 Å². The Labute approximate surface area is 99.2 Å². The van der Waals surface area contributed by atoms with E-state index in [1.165, 1.54) is 20.5 Å². The lowest BCUT2D eigenvalue weighted by Gasteiger charge is -2.22. The van der Waals surface area contributed by atoms with Crippen molar-refractivity contribution in [1.82, 2.24) is 5.32 Å². The van der Waals surface area contributed by atoms with Crippen molar-refractivity contribution in [3.05, 3.63) is 34.7 Å². The van der Waals surface area contributed by atoms with E-state index < -0.39 is 0 Å². The van der Waals surface area contributed by atoms with E-state index in [-0.39, 0.29) is 6.10 Å². The van der Waals surface area contributed by atoms with Crippen molar-refractivity contribution in [3.8, 4) is 0 Å². The number of likely N-dealkylation sites (N-methyl/N-ethyl adjacent to an activating group) is 1. The molecule has 84 valence electrons. The van der Waals surface area contributed by atoms with Crippen LogP contribution in [0.5, 0.6) is 0 Å². The van der Waals surface area contributed by atoms with Gasteiger partial charge in [0.2, 0.25) is 0 Å². The summed E-state index contributed by atoms with van der Waals surface area (Å²) in [5.74, 6) is 0. The van der Waals surface area contributed by atoms with Crippen LogP contribution in [0.1, 0.15) is 16.5 Å². The minimum Gasteiger partial charge on any atom is -0.371 e. The highest BCUT2D eigenvalue weighted by molar-refractivity contribution is 7.19. The molecule has 0 spiro atoms. The third-order valence-corrected chi connectivity index (χ3v) is 4.39. The monoisotopic (exact) mass is 233 g/mol. The number of thiophene rings is 1. The fraction of sp³-hybridized carbons (Fsp3) is 0.385. The Hall–Kier alpha value is -0.900. The van der Waals surface area contributed by atoms with Crippen molar-refractivity contribution in [2.45, 2.75) is 12.5 Å². The minimum absolute atomic E-state index is 0.242. The molecule has 0 radical (unpaired) electrons. The van der Waals surface area contributed by atoms with Gasteiger partial charge in [-0.05, 0) is 30.5 Å². The van der Waals surface area contributed by atoms with E-state index in [9.17, 15) is 0 Å². The van der Waals surface area contributed by atoms with Gasteiger partial charge >= 0.3 is 0 Å². The summed E-state index contributed by atoms with van der Waals surface area (Å²) in [7, 11) is 1.98. The van der Waals surface area contributed by atoms with Crippen molar-refractivity contribution in [3.63, 3.8) is 0 Å². The van der Waals surface area contributed by atoms with Gasteiger partial charge in [-0.25, -0.2) is 0 Å². The quantitative estimate of drug-likeness (QED) is 0.861. The third kappa shape index (κ3) is 1.56. The first-order chi connectivity index (χ1) is 7.90. The Morgan fingerprint density at radius 2 is 2.31 bits per heavy atom. The number of ether oxygens (including phenoxy) is 1. The fourth-order valence-electron chi connectivity index (χ4n) is 2.35. The molecule has 0 fully saturated rings. The lowest BCUT2D eigenvalue weighted by Crippen LogP contribution is -2.23. The van der Waals surface area contributed by atoms with Crippen molar-refractivity contribution in [1.29, 1.82) is 0 Å². The Morgan fingerprint density at radius 3 is 3.19 bits per heavy atom. The SMILES string of the molecule is CNCC1OCCc2c1sc1ccccc21. The van der Waals surface area contributed by atoms with Gasteiger partial charge in [-0.2, -0.15) is 0 Å². The predicted molar refractivity (Wildman–Crippen MR) is 68.1 cm³/mol. The molecule has 2 nitrogen and oxygen atoms in total. The highest BCUT2D eigenvalue weighted by Gasteiger charge is 2.24. The maximum atomic E-state index is 5.82. The summed E-state index contributed by atoms with van der Waals surface area (Å²) >= 11 is 1.88. The lowest BCUT2D eigenvalue weighted by molar-refractivity contribution is 0.0472. The number of rotatable bonds is 2. The lowest BCUT2D eigenvalue weighted by atomic mass is 10.0. The highest BCUT2D eigenvalue weighted by atomic mass is 32.1. The van der Waals surface area contributed by atoms with Crippen LogP contribution in [0, 0.1) is 0 Å². The second-order valence-corrected chi connectivity index (χ2v) is 5.19. The summed E-state index contributed by atoms with van der Waals surface area (Å²) in [5, 5.41) is 4.63. The molecule has 3 rings (SSSR count). The van der Waals surface area contributed by atoms with Crippen molar-refractivity contribution in [2.24, 2.45) is 0 Å². The van der Waals surface area contributed by atoms with Gasteiger partial charge in [-0.15, -0.1) is 11.3 Å². The average molecular weight is 233 g/mol. The molecule has 0 amide bonds. The molecule has 1 atom stereocenters. The molecular formula is C13H15NOS. The number of nitrogens with one attached hydrogen (secondary N) is 1. The zero-order valence-corrected chi connectivity index (χ0v) is 10.1. The normalized spacial score (nSPS) is 19.9. The van der Waals surface area contributed by atoms with Crippen LogP contribution in [0.4, 0.5) is 0 Å². The molecule has 2 heterocycles. The largest absolute Gasteiger partial charge is 0.371 e. The van der Waals surface area contributed by atoms with E-state index in [4.69, 9.17) is 4.74 Å². The molecule has 1 N–H and O–H groups in total. The standard InChI is InChI=1S/C13H15NOS/c1-14-8-11-13-10(6-7-15-11)9-4-2-3-5-12(9)16-13/h2-5,11,14H,6-8H2,1H3. The third-order valence-electron chi connectivity index (χ3n) is 3.08. The molecule has 0 saturated heterocycles. The predicted octanol–water partition coefficient (Wildman–Crippen LogP) is 2.73. The number of fused-ring (bicyclic) bond motifs is 3. The first-order valence-electron chi connectivity index (χ1n) is 5.66. The van der Waals surface area contributed by atoms with E-state index in [0.717, 1.165) is 19.6 Å². The van der Waals surface area contributed by atoms with Gasteiger partial charge in [0.05, 0.1) is 6.61 Å². The van der Waals surface area contributed by atoms with Gasteiger partial charge < -0.3 is 10.1 Å². The van der Waals surface area contributed by atoms with E-state index in [1.54, 1.807) is 0 Å². The van der Waals surface area contributed by atoms with E-state index in [1.807, 2.05) is 18.4 Å².